The summed E-state index contributed by atoms with van der Waals surface area (Å²) in [6.07, 6.45) is 11.4. The lowest BCUT2D eigenvalue weighted by Crippen LogP contribution is -2.32. The Labute approximate surface area is 117 Å². The monoisotopic (exact) mass is 254 g/mol. The maximum Gasteiger partial charge on any atom is -0.0134 e. The second-order valence-electron chi connectivity index (χ2n) is 8.33. The first-order valence-corrected chi connectivity index (χ1v) is 8.59. The third-order valence-electron chi connectivity index (χ3n) is 8.13. The molecule has 0 aromatic carbocycles. The molecule has 9 unspecified atom stereocenters. The van der Waals surface area contributed by atoms with Crippen LogP contribution in [-0.4, -0.2) is 0 Å². The van der Waals surface area contributed by atoms with Crippen molar-refractivity contribution in [2.24, 2.45) is 53.3 Å². The van der Waals surface area contributed by atoms with E-state index in [1.165, 1.54) is 18.4 Å². The fraction of sp³-hybridized carbons (Fsp3) is 0.789. The number of hydrogen-bond acceptors (Lipinski definition) is 0. The highest BCUT2D eigenvalue weighted by atomic mass is 14.7. The topological polar surface area (TPSA) is 0 Å². The predicted octanol–water partition coefficient (Wildman–Crippen LogP) is 4.68. The smallest absolute Gasteiger partial charge is 0.0134 e. The summed E-state index contributed by atoms with van der Waals surface area (Å²) in [7, 11) is 0. The molecule has 0 nitrogen and oxygen atoms in total. The van der Waals surface area contributed by atoms with Crippen molar-refractivity contribution in [3.8, 4) is 0 Å². The molecule has 0 amide bonds. The van der Waals surface area contributed by atoms with E-state index < -0.39 is 0 Å². The summed E-state index contributed by atoms with van der Waals surface area (Å²) in [6.45, 7) is 8.28. The van der Waals surface area contributed by atoms with Crippen LogP contribution < -0.4 is 0 Å². The standard InChI is InChI=1S/C19H26/c1-3-10(2)14-7-13-8-17(14)19-16(13)9-15-11-4-5-12(6-11)18(15)19/h3,11-19H,1-2,4-9H2. The molecule has 4 bridgehead atoms. The largest absolute Gasteiger partial charge is 0.0988 e. The molecule has 0 saturated heterocycles. The molecule has 0 aromatic rings. The van der Waals surface area contributed by atoms with Gasteiger partial charge in [-0.2, -0.15) is 0 Å². The Kier molecular flexibility index (Phi) is 2.10. The van der Waals surface area contributed by atoms with Crippen molar-refractivity contribution < 1.29 is 0 Å². The zero-order chi connectivity index (χ0) is 12.7. The molecule has 102 valence electrons. The van der Waals surface area contributed by atoms with Gasteiger partial charge < -0.3 is 0 Å². The van der Waals surface area contributed by atoms with Gasteiger partial charge in [0.2, 0.25) is 0 Å². The van der Waals surface area contributed by atoms with E-state index in [-0.39, 0.29) is 0 Å². The molecule has 0 heterocycles. The van der Waals surface area contributed by atoms with E-state index in [1.807, 2.05) is 6.08 Å². The van der Waals surface area contributed by atoms with Crippen molar-refractivity contribution in [1.82, 2.24) is 0 Å². The molecule has 0 spiro atoms. The van der Waals surface area contributed by atoms with Gasteiger partial charge in [0, 0.05) is 0 Å². The van der Waals surface area contributed by atoms with Crippen LogP contribution >= 0.6 is 0 Å². The molecular weight excluding hydrogens is 228 g/mol. The fourth-order valence-corrected chi connectivity index (χ4v) is 7.73. The average Bonchev–Trinajstić information content (AvgIpc) is 3.15. The maximum absolute atomic E-state index is 4.30. The Bertz CT molecular complexity index is 447. The summed E-state index contributed by atoms with van der Waals surface area (Å²) in [6, 6.07) is 0. The molecule has 0 N–H and O–H groups in total. The minimum atomic E-state index is 0.807. The summed E-state index contributed by atoms with van der Waals surface area (Å²) in [5.41, 5.74) is 1.36. The van der Waals surface area contributed by atoms with Crippen LogP contribution in [0, 0.1) is 53.3 Å². The van der Waals surface area contributed by atoms with E-state index in [0.29, 0.717) is 0 Å². The Morgan fingerprint density at radius 2 is 1.58 bits per heavy atom. The van der Waals surface area contributed by atoms with E-state index in [1.54, 1.807) is 25.7 Å². The van der Waals surface area contributed by atoms with Gasteiger partial charge in [0.15, 0.2) is 0 Å². The lowest BCUT2D eigenvalue weighted by atomic mass is 9.67. The van der Waals surface area contributed by atoms with Crippen LogP contribution in [0.2, 0.25) is 0 Å². The van der Waals surface area contributed by atoms with Gasteiger partial charge in [-0.1, -0.05) is 24.8 Å². The minimum absolute atomic E-state index is 0.807. The van der Waals surface area contributed by atoms with Gasteiger partial charge in [0.1, 0.15) is 0 Å². The summed E-state index contributed by atoms with van der Waals surface area (Å²) in [5, 5.41) is 0. The highest BCUT2D eigenvalue weighted by molar-refractivity contribution is 5.23. The van der Waals surface area contributed by atoms with Gasteiger partial charge in [-0.25, -0.2) is 0 Å². The van der Waals surface area contributed by atoms with Crippen molar-refractivity contribution in [1.29, 1.82) is 0 Å². The second kappa shape index (κ2) is 3.57. The first-order valence-electron chi connectivity index (χ1n) is 8.59. The van der Waals surface area contributed by atoms with Gasteiger partial charge in [0.25, 0.3) is 0 Å². The normalized spacial score (nSPS) is 60.3. The first kappa shape index (κ1) is 11.2. The van der Waals surface area contributed by atoms with Gasteiger partial charge in [0.05, 0.1) is 0 Å². The zero-order valence-electron chi connectivity index (χ0n) is 11.9. The Morgan fingerprint density at radius 1 is 0.789 bits per heavy atom. The molecule has 19 heavy (non-hydrogen) atoms. The van der Waals surface area contributed by atoms with Crippen molar-refractivity contribution >= 4 is 0 Å². The predicted molar refractivity (Wildman–Crippen MR) is 78.4 cm³/mol. The molecule has 5 aliphatic carbocycles. The van der Waals surface area contributed by atoms with Crippen LogP contribution in [0.1, 0.15) is 38.5 Å². The molecule has 5 rings (SSSR count). The molecule has 5 aliphatic rings. The van der Waals surface area contributed by atoms with E-state index in [2.05, 4.69) is 13.2 Å². The Hall–Kier alpha value is -0.520. The highest BCUT2D eigenvalue weighted by Gasteiger charge is 2.65. The maximum atomic E-state index is 4.30. The van der Waals surface area contributed by atoms with Gasteiger partial charge in [-0.05, 0) is 91.8 Å². The fourth-order valence-electron chi connectivity index (χ4n) is 7.73. The van der Waals surface area contributed by atoms with Crippen LogP contribution in [0.4, 0.5) is 0 Å². The Balaban J connectivity index is 1.49. The molecule has 5 fully saturated rings. The third-order valence-corrected chi connectivity index (χ3v) is 8.13. The minimum Gasteiger partial charge on any atom is -0.0988 e. The van der Waals surface area contributed by atoms with E-state index in [9.17, 15) is 0 Å². The Morgan fingerprint density at radius 3 is 2.42 bits per heavy atom. The lowest BCUT2D eigenvalue weighted by molar-refractivity contribution is 0.129. The molecule has 9 atom stereocenters. The molecule has 0 radical (unpaired) electrons. The summed E-state index contributed by atoms with van der Waals surface area (Å²) in [5.74, 6) is 9.63. The quantitative estimate of drug-likeness (QED) is 0.627. The number of hydrogen-bond donors (Lipinski definition) is 0. The van der Waals surface area contributed by atoms with Crippen molar-refractivity contribution in [3.63, 3.8) is 0 Å². The van der Waals surface area contributed by atoms with Crippen LogP contribution in [0.5, 0.6) is 0 Å². The van der Waals surface area contributed by atoms with Gasteiger partial charge in [-0.3, -0.25) is 0 Å². The summed E-state index contributed by atoms with van der Waals surface area (Å²) < 4.78 is 0. The van der Waals surface area contributed by atoms with Crippen molar-refractivity contribution in [2.75, 3.05) is 0 Å². The van der Waals surface area contributed by atoms with Gasteiger partial charge >= 0.3 is 0 Å². The summed E-state index contributed by atoms with van der Waals surface area (Å²) in [4.78, 5) is 0. The average molecular weight is 254 g/mol. The second-order valence-corrected chi connectivity index (χ2v) is 8.33. The van der Waals surface area contributed by atoms with Gasteiger partial charge in [-0.15, -0.1) is 0 Å². The first-order chi connectivity index (χ1) is 9.28. The van der Waals surface area contributed by atoms with Crippen LogP contribution in [0.15, 0.2) is 24.8 Å². The summed E-state index contributed by atoms with van der Waals surface area (Å²) >= 11 is 0. The van der Waals surface area contributed by atoms with E-state index in [0.717, 1.165) is 53.3 Å². The van der Waals surface area contributed by atoms with E-state index >= 15 is 0 Å². The number of fused-ring (bicyclic) bond motifs is 11. The zero-order valence-corrected chi connectivity index (χ0v) is 11.9. The molecule has 5 saturated carbocycles. The third kappa shape index (κ3) is 1.22. The number of rotatable bonds is 2. The van der Waals surface area contributed by atoms with Crippen LogP contribution in [-0.2, 0) is 0 Å². The molecule has 0 heteroatoms. The molecule has 0 aromatic heterocycles. The van der Waals surface area contributed by atoms with Crippen molar-refractivity contribution in [3.05, 3.63) is 24.8 Å². The SMILES string of the molecule is C=CC(=C)C1CC2CC1C1C2CC2C3CCC(C3)C21. The van der Waals surface area contributed by atoms with E-state index in [4.69, 9.17) is 0 Å². The van der Waals surface area contributed by atoms with Crippen LogP contribution in [0.25, 0.3) is 0 Å². The van der Waals surface area contributed by atoms with Crippen LogP contribution in [0.3, 0.4) is 0 Å². The lowest BCUT2D eigenvalue weighted by Gasteiger charge is -2.37. The number of allylic oxidation sites excluding steroid dienone is 2. The van der Waals surface area contributed by atoms with Crippen molar-refractivity contribution in [2.45, 2.75) is 38.5 Å². The molecular formula is C19H26. The highest BCUT2D eigenvalue weighted by Crippen LogP contribution is 2.72. The molecule has 0 aliphatic heterocycles.